The van der Waals surface area contributed by atoms with Crippen LogP contribution in [0.5, 0.6) is 11.5 Å². The number of anilines is 1. The van der Waals surface area contributed by atoms with Crippen LogP contribution in [-0.4, -0.2) is 55.8 Å². The maximum absolute atomic E-state index is 13.8. The molecule has 6 heteroatoms. The van der Waals surface area contributed by atoms with Crippen LogP contribution >= 0.6 is 0 Å². The second-order valence-corrected chi connectivity index (χ2v) is 8.91. The van der Waals surface area contributed by atoms with Gasteiger partial charge in [-0.2, -0.15) is 0 Å². The second kappa shape index (κ2) is 10.2. The summed E-state index contributed by atoms with van der Waals surface area (Å²) >= 11 is 0. The average Bonchev–Trinajstić information content (AvgIpc) is 3.30. The highest BCUT2D eigenvalue weighted by molar-refractivity contribution is 5.97. The average molecular weight is 482 g/mol. The molecule has 1 amide bonds. The quantitative estimate of drug-likeness (QED) is 0.368. The molecule has 184 valence electrons. The smallest absolute Gasteiger partial charge is 0.255 e. The predicted octanol–water partition coefficient (Wildman–Crippen LogP) is 5.43. The summed E-state index contributed by atoms with van der Waals surface area (Å²) in [5.74, 6) is 1.70. The van der Waals surface area contributed by atoms with Gasteiger partial charge in [0.25, 0.3) is 5.91 Å². The topological polar surface area (TPSA) is 46.9 Å². The molecule has 0 saturated carbocycles. The van der Waals surface area contributed by atoms with Crippen LogP contribution in [0, 0.1) is 6.92 Å². The van der Waals surface area contributed by atoms with E-state index in [2.05, 4.69) is 39.8 Å². The van der Waals surface area contributed by atoms with E-state index in [1.807, 2.05) is 66.4 Å². The van der Waals surface area contributed by atoms with Gasteiger partial charge in [-0.05, 0) is 61.5 Å². The first-order chi connectivity index (χ1) is 17.6. The van der Waals surface area contributed by atoms with Crippen molar-refractivity contribution in [1.82, 2.24) is 9.47 Å². The van der Waals surface area contributed by atoms with E-state index in [-0.39, 0.29) is 5.91 Å². The second-order valence-electron chi connectivity index (χ2n) is 8.91. The normalized spacial score (nSPS) is 13.5. The molecule has 4 aromatic rings. The number of aromatic nitrogens is 1. The number of hydrogen-bond donors (Lipinski definition) is 0. The summed E-state index contributed by atoms with van der Waals surface area (Å²) in [6.45, 7) is 4.96. The summed E-state index contributed by atoms with van der Waals surface area (Å²) < 4.78 is 12.9. The van der Waals surface area contributed by atoms with E-state index in [1.54, 1.807) is 14.2 Å². The Morgan fingerprint density at radius 2 is 1.42 bits per heavy atom. The molecule has 0 radical (unpaired) electrons. The van der Waals surface area contributed by atoms with Crippen LogP contribution < -0.4 is 14.4 Å². The van der Waals surface area contributed by atoms with Crippen LogP contribution in [0.4, 0.5) is 5.69 Å². The molecule has 0 bridgehead atoms. The lowest BCUT2D eigenvalue weighted by Gasteiger charge is -2.36. The van der Waals surface area contributed by atoms with E-state index >= 15 is 0 Å². The predicted molar refractivity (Wildman–Crippen MR) is 144 cm³/mol. The van der Waals surface area contributed by atoms with E-state index in [4.69, 9.17) is 9.47 Å². The van der Waals surface area contributed by atoms with Crippen molar-refractivity contribution in [1.29, 1.82) is 0 Å². The number of rotatable bonds is 6. The molecule has 1 saturated heterocycles. The van der Waals surface area contributed by atoms with Crippen molar-refractivity contribution in [3.8, 4) is 28.4 Å². The standard InChI is InChI=1S/C30H31N3O3/c1-22-28(30(34)32-18-16-31(17-19-32)24-12-14-26(35-2)15-13-24)21-29(23-8-7-11-27(20-23)36-3)33(22)25-9-5-4-6-10-25/h4-15,20-21H,16-19H2,1-3H3. The van der Waals surface area contributed by atoms with Crippen molar-refractivity contribution < 1.29 is 14.3 Å². The summed E-state index contributed by atoms with van der Waals surface area (Å²) in [5.41, 5.74) is 5.81. The number of methoxy groups -OCH3 is 2. The van der Waals surface area contributed by atoms with E-state index in [1.165, 1.54) is 0 Å². The molecule has 2 heterocycles. The molecular weight excluding hydrogens is 450 g/mol. The number of carbonyl (C=O) groups is 1. The molecule has 1 fully saturated rings. The minimum atomic E-state index is 0.0701. The van der Waals surface area contributed by atoms with Crippen LogP contribution in [0.3, 0.4) is 0 Å². The summed E-state index contributed by atoms with van der Waals surface area (Å²) in [6.07, 6.45) is 0. The van der Waals surface area contributed by atoms with Gasteiger partial charge >= 0.3 is 0 Å². The lowest BCUT2D eigenvalue weighted by Crippen LogP contribution is -2.48. The summed E-state index contributed by atoms with van der Waals surface area (Å²) in [7, 11) is 3.34. The molecule has 0 unspecified atom stereocenters. The molecule has 6 nitrogen and oxygen atoms in total. The van der Waals surface area contributed by atoms with E-state index in [0.29, 0.717) is 13.1 Å². The van der Waals surface area contributed by atoms with E-state index < -0.39 is 0 Å². The number of nitrogens with zero attached hydrogens (tertiary/aromatic N) is 3. The van der Waals surface area contributed by atoms with Crippen LogP contribution in [0.15, 0.2) is 84.9 Å². The molecule has 36 heavy (non-hydrogen) atoms. The van der Waals surface area contributed by atoms with Crippen LogP contribution in [0.25, 0.3) is 16.9 Å². The molecule has 0 N–H and O–H groups in total. The zero-order valence-electron chi connectivity index (χ0n) is 21.0. The summed E-state index contributed by atoms with van der Waals surface area (Å²) in [4.78, 5) is 18.0. The van der Waals surface area contributed by atoms with Gasteiger partial charge < -0.3 is 23.8 Å². The fourth-order valence-corrected chi connectivity index (χ4v) is 4.86. The number of carbonyl (C=O) groups excluding carboxylic acids is 1. The van der Waals surface area contributed by atoms with E-state index in [0.717, 1.165) is 58.5 Å². The number of amides is 1. The third-order valence-electron chi connectivity index (χ3n) is 6.86. The Kier molecular flexibility index (Phi) is 6.67. The van der Waals surface area contributed by atoms with Gasteiger partial charge in [0.1, 0.15) is 11.5 Å². The van der Waals surface area contributed by atoms with Gasteiger partial charge in [-0.15, -0.1) is 0 Å². The first-order valence-corrected chi connectivity index (χ1v) is 12.2. The molecule has 0 spiro atoms. The van der Waals surface area contributed by atoms with Crippen molar-refractivity contribution in [2.75, 3.05) is 45.3 Å². The summed E-state index contributed by atoms with van der Waals surface area (Å²) in [6, 6.07) is 28.3. The highest BCUT2D eigenvalue weighted by Gasteiger charge is 2.27. The molecule has 1 aromatic heterocycles. The molecule has 3 aromatic carbocycles. The van der Waals surface area contributed by atoms with Gasteiger partial charge in [-0.1, -0.05) is 30.3 Å². The largest absolute Gasteiger partial charge is 0.497 e. The van der Waals surface area contributed by atoms with Crippen molar-refractivity contribution in [3.05, 3.63) is 96.2 Å². The fourth-order valence-electron chi connectivity index (χ4n) is 4.86. The Balaban J connectivity index is 1.43. The highest BCUT2D eigenvalue weighted by atomic mass is 16.5. The van der Waals surface area contributed by atoms with Gasteiger partial charge in [-0.3, -0.25) is 4.79 Å². The molecular formula is C30H31N3O3. The lowest BCUT2D eigenvalue weighted by atomic mass is 10.1. The minimum Gasteiger partial charge on any atom is -0.497 e. The number of piperazine rings is 1. The van der Waals surface area contributed by atoms with Crippen LogP contribution in [-0.2, 0) is 0 Å². The third kappa shape index (κ3) is 4.54. The fraction of sp³-hybridized carbons (Fsp3) is 0.233. The van der Waals surface area contributed by atoms with Crippen molar-refractivity contribution in [2.24, 2.45) is 0 Å². The van der Waals surface area contributed by atoms with Gasteiger partial charge in [0.2, 0.25) is 0 Å². The monoisotopic (exact) mass is 481 g/mol. The van der Waals surface area contributed by atoms with Crippen LogP contribution in [0.1, 0.15) is 16.1 Å². The van der Waals surface area contributed by atoms with Gasteiger partial charge in [0, 0.05) is 48.8 Å². The van der Waals surface area contributed by atoms with Crippen molar-refractivity contribution in [3.63, 3.8) is 0 Å². The first-order valence-electron chi connectivity index (χ1n) is 12.2. The molecule has 0 atom stereocenters. The Bertz CT molecular complexity index is 1340. The first kappa shape index (κ1) is 23.5. The number of para-hydroxylation sites is 1. The number of benzene rings is 3. The minimum absolute atomic E-state index is 0.0701. The molecule has 1 aliphatic heterocycles. The maximum atomic E-state index is 13.8. The Labute approximate surface area is 212 Å². The molecule has 0 aliphatic carbocycles. The summed E-state index contributed by atoms with van der Waals surface area (Å²) in [5, 5.41) is 0. The van der Waals surface area contributed by atoms with Crippen molar-refractivity contribution in [2.45, 2.75) is 6.92 Å². The zero-order valence-corrected chi connectivity index (χ0v) is 21.0. The Morgan fingerprint density at radius 1 is 0.722 bits per heavy atom. The maximum Gasteiger partial charge on any atom is 0.255 e. The van der Waals surface area contributed by atoms with Gasteiger partial charge in [0.15, 0.2) is 0 Å². The SMILES string of the molecule is COc1ccc(N2CCN(C(=O)c3cc(-c4cccc(OC)c4)n(-c4ccccc4)c3C)CC2)cc1. The zero-order chi connectivity index (χ0) is 25.1. The van der Waals surface area contributed by atoms with E-state index in [9.17, 15) is 4.79 Å². The number of ether oxygens (including phenoxy) is 2. The molecule has 1 aliphatic rings. The van der Waals surface area contributed by atoms with Gasteiger partial charge in [-0.25, -0.2) is 0 Å². The number of hydrogen-bond acceptors (Lipinski definition) is 4. The Morgan fingerprint density at radius 3 is 2.08 bits per heavy atom. The molecule has 5 rings (SSSR count). The highest BCUT2D eigenvalue weighted by Crippen LogP contribution is 2.32. The lowest BCUT2D eigenvalue weighted by molar-refractivity contribution is 0.0746. The third-order valence-corrected chi connectivity index (χ3v) is 6.86. The van der Waals surface area contributed by atoms with Gasteiger partial charge in [0.05, 0.1) is 25.5 Å². The Hall–Kier alpha value is -4.19. The van der Waals surface area contributed by atoms with Crippen molar-refractivity contribution >= 4 is 11.6 Å². The van der Waals surface area contributed by atoms with Crippen LogP contribution in [0.2, 0.25) is 0 Å².